The van der Waals surface area contributed by atoms with E-state index in [0.717, 1.165) is 6.42 Å². The number of rotatable bonds is 6. The first-order valence-corrected chi connectivity index (χ1v) is 7.29. The molecule has 21 heavy (non-hydrogen) atoms. The van der Waals surface area contributed by atoms with E-state index in [-0.39, 0.29) is 0 Å². The monoisotopic (exact) mass is 304 g/mol. The Labute approximate surface area is 126 Å². The van der Waals surface area contributed by atoms with Crippen molar-refractivity contribution in [1.29, 1.82) is 0 Å². The second-order valence-corrected chi connectivity index (χ2v) is 6.39. The van der Waals surface area contributed by atoms with Gasteiger partial charge in [-0.25, -0.2) is 0 Å². The van der Waals surface area contributed by atoms with E-state index in [2.05, 4.69) is 6.08 Å². The van der Waals surface area contributed by atoms with Crippen molar-refractivity contribution >= 4 is 0 Å². The lowest BCUT2D eigenvalue weighted by Crippen LogP contribution is -2.60. The van der Waals surface area contributed by atoms with E-state index in [1.54, 1.807) is 0 Å². The molecule has 0 aromatic carbocycles. The molecular weight excluding hydrogens is 276 g/mol. The zero-order valence-electron chi connectivity index (χ0n) is 13.2. The Morgan fingerprint density at radius 2 is 1.76 bits per heavy atom. The Bertz CT molecular complexity index is 348. The van der Waals surface area contributed by atoms with E-state index >= 15 is 0 Å². The van der Waals surface area contributed by atoms with Crippen LogP contribution in [0.3, 0.4) is 0 Å². The molecule has 124 valence electrons. The van der Waals surface area contributed by atoms with Crippen molar-refractivity contribution in [1.82, 2.24) is 0 Å². The van der Waals surface area contributed by atoms with Crippen LogP contribution in [0.25, 0.3) is 0 Å². The normalized spacial score (nSPS) is 33.8. The summed E-state index contributed by atoms with van der Waals surface area (Å²) in [5.74, 6) is 0. The third-order valence-electron chi connectivity index (χ3n) is 3.58. The van der Waals surface area contributed by atoms with E-state index in [4.69, 9.17) is 14.6 Å². The molecule has 5 atom stereocenters. The first kappa shape index (κ1) is 18.5. The van der Waals surface area contributed by atoms with Crippen LogP contribution in [-0.2, 0) is 9.47 Å². The van der Waals surface area contributed by atoms with Gasteiger partial charge in [0.15, 0.2) is 6.29 Å². The molecule has 5 unspecified atom stereocenters. The summed E-state index contributed by atoms with van der Waals surface area (Å²) in [5.41, 5.74) is 0.651. The summed E-state index contributed by atoms with van der Waals surface area (Å²) in [6, 6.07) is 0. The number of allylic oxidation sites excluding steroid dienone is 2. The van der Waals surface area contributed by atoms with Gasteiger partial charge in [0, 0.05) is 0 Å². The highest BCUT2D eigenvalue weighted by atomic mass is 16.7. The topological polar surface area (TPSA) is 99.4 Å². The summed E-state index contributed by atoms with van der Waals surface area (Å²) in [7, 11) is 0. The SMILES string of the molecule is CC(C)=CCCC(C)(C)OC1OC(CO)C(O)C(O)C1O. The van der Waals surface area contributed by atoms with E-state index in [9.17, 15) is 15.3 Å². The molecule has 1 rings (SSSR count). The summed E-state index contributed by atoms with van der Waals surface area (Å²) >= 11 is 0. The maximum absolute atomic E-state index is 9.94. The fourth-order valence-corrected chi connectivity index (χ4v) is 2.25. The van der Waals surface area contributed by atoms with Crippen LogP contribution < -0.4 is 0 Å². The second kappa shape index (κ2) is 7.67. The maximum atomic E-state index is 9.94. The predicted molar refractivity (Wildman–Crippen MR) is 77.6 cm³/mol. The lowest BCUT2D eigenvalue weighted by Gasteiger charge is -2.42. The van der Waals surface area contributed by atoms with Crippen LogP contribution in [0.1, 0.15) is 40.5 Å². The highest BCUT2D eigenvalue weighted by Gasteiger charge is 2.45. The van der Waals surface area contributed by atoms with Gasteiger partial charge in [0.25, 0.3) is 0 Å². The van der Waals surface area contributed by atoms with Gasteiger partial charge in [0.1, 0.15) is 24.4 Å². The quantitative estimate of drug-likeness (QED) is 0.528. The molecule has 1 aliphatic rings. The third-order valence-corrected chi connectivity index (χ3v) is 3.58. The molecule has 0 aliphatic carbocycles. The summed E-state index contributed by atoms with van der Waals surface area (Å²) in [6.45, 7) is 7.32. The van der Waals surface area contributed by atoms with Crippen LogP contribution in [0, 0.1) is 0 Å². The molecule has 4 N–H and O–H groups in total. The largest absolute Gasteiger partial charge is 0.394 e. The van der Waals surface area contributed by atoms with Gasteiger partial charge in [-0.2, -0.15) is 0 Å². The molecule has 1 saturated heterocycles. The van der Waals surface area contributed by atoms with Crippen molar-refractivity contribution in [2.24, 2.45) is 0 Å². The minimum absolute atomic E-state index is 0.455. The molecule has 1 fully saturated rings. The molecule has 0 aromatic rings. The van der Waals surface area contributed by atoms with Crippen molar-refractivity contribution < 1.29 is 29.9 Å². The van der Waals surface area contributed by atoms with E-state index in [1.165, 1.54) is 5.57 Å². The number of aliphatic hydroxyl groups excluding tert-OH is 4. The van der Waals surface area contributed by atoms with Gasteiger partial charge in [0.05, 0.1) is 12.2 Å². The molecule has 1 aliphatic heterocycles. The van der Waals surface area contributed by atoms with Crippen molar-refractivity contribution in [2.75, 3.05) is 6.61 Å². The Hall–Kier alpha value is -0.500. The lowest BCUT2D eigenvalue weighted by atomic mass is 9.97. The van der Waals surface area contributed by atoms with Crippen molar-refractivity contribution in [3.05, 3.63) is 11.6 Å². The Morgan fingerprint density at radius 3 is 2.29 bits per heavy atom. The molecule has 0 aromatic heterocycles. The van der Waals surface area contributed by atoms with E-state index < -0.39 is 42.9 Å². The molecule has 0 bridgehead atoms. The summed E-state index contributed by atoms with van der Waals surface area (Å²) in [4.78, 5) is 0. The van der Waals surface area contributed by atoms with Gasteiger partial charge in [-0.3, -0.25) is 0 Å². The number of hydrogen-bond acceptors (Lipinski definition) is 6. The van der Waals surface area contributed by atoms with Crippen molar-refractivity contribution in [3.63, 3.8) is 0 Å². The summed E-state index contributed by atoms with van der Waals surface area (Å²) in [6.07, 6.45) is -2.51. The average Bonchev–Trinajstić information content (AvgIpc) is 2.38. The zero-order valence-corrected chi connectivity index (χ0v) is 13.2. The number of hydrogen-bond donors (Lipinski definition) is 4. The molecule has 1 heterocycles. The second-order valence-electron chi connectivity index (χ2n) is 6.39. The van der Waals surface area contributed by atoms with Crippen LogP contribution in [-0.4, -0.2) is 63.3 Å². The van der Waals surface area contributed by atoms with Gasteiger partial charge in [0.2, 0.25) is 0 Å². The minimum atomic E-state index is -1.41. The number of ether oxygens (including phenoxy) is 2. The first-order valence-electron chi connectivity index (χ1n) is 7.29. The van der Waals surface area contributed by atoms with Gasteiger partial charge in [-0.15, -0.1) is 0 Å². The van der Waals surface area contributed by atoms with E-state index in [0.29, 0.717) is 6.42 Å². The zero-order chi connectivity index (χ0) is 16.2. The van der Waals surface area contributed by atoms with Crippen LogP contribution in [0.5, 0.6) is 0 Å². The van der Waals surface area contributed by atoms with Crippen molar-refractivity contribution in [2.45, 2.75) is 76.8 Å². The Balaban J connectivity index is 2.64. The van der Waals surface area contributed by atoms with Crippen LogP contribution >= 0.6 is 0 Å². The van der Waals surface area contributed by atoms with E-state index in [1.807, 2.05) is 27.7 Å². The molecule has 0 radical (unpaired) electrons. The molecule has 6 heteroatoms. The van der Waals surface area contributed by atoms with Crippen LogP contribution in [0.15, 0.2) is 11.6 Å². The molecule has 0 saturated carbocycles. The van der Waals surface area contributed by atoms with Gasteiger partial charge in [-0.05, 0) is 40.5 Å². The fraction of sp³-hybridized carbons (Fsp3) is 0.867. The lowest BCUT2D eigenvalue weighted by molar-refractivity contribution is -0.323. The maximum Gasteiger partial charge on any atom is 0.187 e. The van der Waals surface area contributed by atoms with Gasteiger partial charge >= 0.3 is 0 Å². The first-order chi connectivity index (χ1) is 9.68. The average molecular weight is 304 g/mol. The standard InChI is InChI=1S/C15H28O6/c1-9(2)6-5-7-15(3,4)21-14-13(19)12(18)11(17)10(8-16)20-14/h6,10-14,16-19H,5,7-8H2,1-4H3. The summed E-state index contributed by atoms with van der Waals surface area (Å²) < 4.78 is 11.1. The fourth-order valence-electron chi connectivity index (χ4n) is 2.25. The van der Waals surface area contributed by atoms with Gasteiger partial charge in [-0.1, -0.05) is 11.6 Å². The van der Waals surface area contributed by atoms with Crippen molar-refractivity contribution in [3.8, 4) is 0 Å². The number of aliphatic hydroxyl groups is 4. The molecular formula is C15H28O6. The molecule has 0 amide bonds. The van der Waals surface area contributed by atoms with Crippen LogP contribution in [0.2, 0.25) is 0 Å². The van der Waals surface area contributed by atoms with Crippen LogP contribution in [0.4, 0.5) is 0 Å². The minimum Gasteiger partial charge on any atom is -0.394 e. The highest BCUT2D eigenvalue weighted by Crippen LogP contribution is 2.27. The molecule has 0 spiro atoms. The Morgan fingerprint density at radius 1 is 1.14 bits per heavy atom. The molecule has 6 nitrogen and oxygen atoms in total. The smallest absolute Gasteiger partial charge is 0.187 e. The predicted octanol–water partition coefficient (Wildman–Crippen LogP) is 0.328. The third kappa shape index (κ3) is 5.32. The highest BCUT2D eigenvalue weighted by molar-refractivity contribution is 4.94. The van der Waals surface area contributed by atoms with Gasteiger partial charge < -0.3 is 29.9 Å². The Kier molecular flexibility index (Phi) is 6.77. The summed E-state index contributed by atoms with van der Waals surface area (Å²) in [5, 5.41) is 38.5.